The van der Waals surface area contributed by atoms with Gasteiger partial charge < -0.3 is 0 Å². The fourth-order valence-corrected chi connectivity index (χ4v) is 3.14. The molecule has 0 unspecified atom stereocenters. The summed E-state index contributed by atoms with van der Waals surface area (Å²) < 4.78 is 0. The SMILES string of the molecule is O=Cc1ccc(Sc2cccc3cccnc23)c([N+](=O)[O-])c1. The van der Waals surface area contributed by atoms with Gasteiger partial charge in [0.25, 0.3) is 5.69 Å². The van der Waals surface area contributed by atoms with Gasteiger partial charge in [0, 0.05) is 28.1 Å². The fourth-order valence-electron chi connectivity index (χ4n) is 2.11. The van der Waals surface area contributed by atoms with Crippen LogP contribution in [0.1, 0.15) is 10.4 Å². The van der Waals surface area contributed by atoms with Gasteiger partial charge in [-0.05, 0) is 18.2 Å². The molecule has 0 bridgehead atoms. The Hall–Kier alpha value is -2.73. The van der Waals surface area contributed by atoms with Gasteiger partial charge in [-0.25, -0.2) is 0 Å². The first-order chi connectivity index (χ1) is 10.7. The van der Waals surface area contributed by atoms with Gasteiger partial charge in [-0.1, -0.05) is 36.0 Å². The van der Waals surface area contributed by atoms with Crippen LogP contribution in [0.25, 0.3) is 10.9 Å². The van der Waals surface area contributed by atoms with E-state index in [0.717, 1.165) is 15.8 Å². The highest BCUT2D eigenvalue weighted by Gasteiger charge is 2.16. The standard InChI is InChI=1S/C16H10N2O3S/c19-10-11-6-7-14(13(9-11)18(20)21)22-15-5-1-3-12-4-2-8-17-16(12)15/h1-10H. The van der Waals surface area contributed by atoms with Gasteiger partial charge in [0.1, 0.15) is 6.29 Å². The zero-order valence-electron chi connectivity index (χ0n) is 11.3. The molecule has 0 fully saturated rings. The summed E-state index contributed by atoms with van der Waals surface area (Å²) in [5.41, 5.74) is 0.999. The van der Waals surface area contributed by atoms with Crippen LogP contribution < -0.4 is 0 Å². The highest BCUT2D eigenvalue weighted by Crippen LogP contribution is 2.37. The fraction of sp³-hybridized carbons (Fsp3) is 0. The number of rotatable bonds is 4. The third-order valence-electron chi connectivity index (χ3n) is 3.13. The molecule has 0 aliphatic heterocycles. The molecule has 6 heteroatoms. The summed E-state index contributed by atoms with van der Waals surface area (Å²) in [4.78, 5) is 27.2. The molecule has 0 spiro atoms. The lowest BCUT2D eigenvalue weighted by molar-refractivity contribution is -0.387. The van der Waals surface area contributed by atoms with Crippen LogP contribution in [-0.2, 0) is 0 Å². The number of aromatic nitrogens is 1. The number of nitrogens with zero attached hydrogens (tertiary/aromatic N) is 2. The lowest BCUT2D eigenvalue weighted by atomic mass is 10.2. The Balaban J connectivity index is 2.09. The lowest BCUT2D eigenvalue weighted by Crippen LogP contribution is -1.93. The molecule has 0 N–H and O–H groups in total. The number of fused-ring (bicyclic) bond motifs is 1. The maximum absolute atomic E-state index is 11.2. The molecule has 0 aliphatic carbocycles. The van der Waals surface area contributed by atoms with E-state index in [1.807, 2.05) is 30.3 Å². The topological polar surface area (TPSA) is 73.1 Å². The Kier molecular flexibility index (Phi) is 3.84. The van der Waals surface area contributed by atoms with Crippen molar-refractivity contribution in [1.82, 2.24) is 4.98 Å². The van der Waals surface area contributed by atoms with Crippen LogP contribution in [0.5, 0.6) is 0 Å². The van der Waals surface area contributed by atoms with E-state index in [4.69, 9.17) is 0 Å². The molecule has 0 amide bonds. The zero-order valence-corrected chi connectivity index (χ0v) is 12.1. The maximum Gasteiger partial charge on any atom is 0.283 e. The van der Waals surface area contributed by atoms with Crippen molar-refractivity contribution in [1.29, 1.82) is 0 Å². The van der Waals surface area contributed by atoms with Crippen molar-refractivity contribution in [3.8, 4) is 0 Å². The number of aldehydes is 1. The predicted octanol–water partition coefficient (Wildman–Crippen LogP) is 4.11. The third-order valence-corrected chi connectivity index (χ3v) is 4.25. The second-order valence-electron chi connectivity index (χ2n) is 4.54. The van der Waals surface area contributed by atoms with Gasteiger partial charge in [-0.2, -0.15) is 0 Å². The second kappa shape index (κ2) is 5.95. The summed E-state index contributed by atoms with van der Waals surface area (Å²) in [6, 6.07) is 13.9. The number of hydrogen-bond donors (Lipinski definition) is 0. The minimum atomic E-state index is -0.478. The van der Waals surface area contributed by atoms with E-state index in [2.05, 4.69) is 4.98 Å². The molecular formula is C16H10N2O3S. The highest BCUT2D eigenvalue weighted by atomic mass is 32.2. The first-order valence-electron chi connectivity index (χ1n) is 6.44. The lowest BCUT2D eigenvalue weighted by Gasteiger charge is -2.06. The second-order valence-corrected chi connectivity index (χ2v) is 5.62. The number of benzene rings is 2. The molecule has 22 heavy (non-hydrogen) atoms. The quantitative estimate of drug-likeness (QED) is 0.412. The Bertz CT molecular complexity index is 875. The summed E-state index contributed by atoms with van der Waals surface area (Å²) >= 11 is 1.27. The number of para-hydroxylation sites is 1. The van der Waals surface area contributed by atoms with Crippen LogP contribution in [0, 0.1) is 10.1 Å². The van der Waals surface area contributed by atoms with Crippen molar-refractivity contribution >= 4 is 34.6 Å². The van der Waals surface area contributed by atoms with Crippen LogP contribution in [-0.4, -0.2) is 16.2 Å². The molecule has 0 radical (unpaired) electrons. The normalized spacial score (nSPS) is 10.5. The summed E-state index contributed by atoms with van der Waals surface area (Å²) in [7, 11) is 0. The zero-order chi connectivity index (χ0) is 15.5. The molecule has 0 saturated heterocycles. The number of pyridine rings is 1. The Labute approximate surface area is 130 Å². The number of hydrogen-bond acceptors (Lipinski definition) is 5. The average molecular weight is 310 g/mol. The molecule has 2 aromatic carbocycles. The van der Waals surface area contributed by atoms with Crippen LogP contribution >= 0.6 is 11.8 Å². The molecular weight excluding hydrogens is 300 g/mol. The summed E-state index contributed by atoms with van der Waals surface area (Å²) in [5, 5.41) is 12.2. The monoisotopic (exact) mass is 310 g/mol. The average Bonchev–Trinajstić information content (AvgIpc) is 2.55. The third kappa shape index (κ3) is 2.68. The van der Waals surface area contributed by atoms with Crippen LogP contribution in [0.4, 0.5) is 5.69 Å². The van der Waals surface area contributed by atoms with E-state index < -0.39 is 4.92 Å². The summed E-state index contributed by atoms with van der Waals surface area (Å²) in [6.45, 7) is 0. The van der Waals surface area contributed by atoms with Gasteiger partial charge in [-0.15, -0.1) is 0 Å². The van der Waals surface area contributed by atoms with E-state index in [-0.39, 0.29) is 11.3 Å². The first-order valence-corrected chi connectivity index (χ1v) is 7.26. The Morgan fingerprint density at radius 3 is 2.68 bits per heavy atom. The minimum Gasteiger partial charge on any atom is -0.298 e. The van der Waals surface area contributed by atoms with Crippen molar-refractivity contribution in [2.24, 2.45) is 0 Å². The number of nitro groups is 1. The first kappa shape index (κ1) is 14.2. The van der Waals surface area contributed by atoms with Crippen LogP contribution in [0.2, 0.25) is 0 Å². The molecule has 5 nitrogen and oxygen atoms in total. The minimum absolute atomic E-state index is 0.0810. The number of carbonyl (C=O) groups is 1. The van der Waals surface area contributed by atoms with Gasteiger partial charge in [0.2, 0.25) is 0 Å². The predicted molar refractivity (Wildman–Crippen MR) is 84.3 cm³/mol. The molecule has 3 rings (SSSR count). The van der Waals surface area contributed by atoms with Gasteiger partial charge >= 0.3 is 0 Å². The maximum atomic E-state index is 11.2. The molecule has 0 aliphatic rings. The molecule has 1 aromatic heterocycles. The van der Waals surface area contributed by atoms with Crippen molar-refractivity contribution in [3.05, 3.63) is 70.4 Å². The van der Waals surface area contributed by atoms with E-state index in [0.29, 0.717) is 11.2 Å². The van der Waals surface area contributed by atoms with Crippen LogP contribution in [0.3, 0.4) is 0 Å². The van der Waals surface area contributed by atoms with Crippen molar-refractivity contribution in [3.63, 3.8) is 0 Å². The van der Waals surface area contributed by atoms with Gasteiger partial charge in [-0.3, -0.25) is 19.9 Å². The Morgan fingerprint density at radius 1 is 1.09 bits per heavy atom. The highest BCUT2D eigenvalue weighted by molar-refractivity contribution is 7.99. The van der Waals surface area contributed by atoms with E-state index in [9.17, 15) is 14.9 Å². The van der Waals surface area contributed by atoms with Gasteiger partial charge in [0.05, 0.1) is 15.3 Å². The summed E-state index contributed by atoms with van der Waals surface area (Å²) in [5.74, 6) is 0. The smallest absolute Gasteiger partial charge is 0.283 e. The molecule has 108 valence electrons. The number of nitro benzene ring substituents is 1. The molecule has 3 aromatic rings. The van der Waals surface area contributed by atoms with E-state index in [1.165, 1.54) is 17.8 Å². The van der Waals surface area contributed by atoms with Gasteiger partial charge in [0.15, 0.2) is 0 Å². The summed E-state index contributed by atoms with van der Waals surface area (Å²) in [6.07, 6.45) is 2.29. The molecule has 0 saturated carbocycles. The van der Waals surface area contributed by atoms with Crippen LogP contribution in [0.15, 0.2) is 64.5 Å². The Morgan fingerprint density at radius 2 is 1.91 bits per heavy atom. The van der Waals surface area contributed by atoms with Crippen molar-refractivity contribution in [2.75, 3.05) is 0 Å². The molecule has 1 heterocycles. The largest absolute Gasteiger partial charge is 0.298 e. The van der Waals surface area contributed by atoms with E-state index >= 15 is 0 Å². The van der Waals surface area contributed by atoms with Crippen molar-refractivity contribution < 1.29 is 9.72 Å². The van der Waals surface area contributed by atoms with E-state index in [1.54, 1.807) is 18.3 Å². The van der Waals surface area contributed by atoms with Crippen molar-refractivity contribution in [2.45, 2.75) is 9.79 Å². The molecule has 0 atom stereocenters. The number of carbonyl (C=O) groups excluding carboxylic acids is 1.